The Morgan fingerprint density at radius 2 is 2.00 bits per heavy atom. The van der Waals surface area contributed by atoms with E-state index in [1.807, 2.05) is 26.8 Å². The predicted octanol–water partition coefficient (Wildman–Crippen LogP) is 1.47. The first-order valence-corrected chi connectivity index (χ1v) is 5.06. The van der Waals surface area contributed by atoms with Crippen molar-refractivity contribution in [3.63, 3.8) is 0 Å². The lowest BCUT2D eigenvalue weighted by atomic mass is 9.88. The molecule has 1 N–H and O–H groups in total. The molecule has 1 atom stereocenters. The Kier molecular flexibility index (Phi) is 4.76. The van der Waals surface area contributed by atoms with Crippen molar-refractivity contribution in [3.05, 3.63) is 0 Å². The molecule has 86 valence electrons. The average Bonchev–Trinajstić information content (AvgIpc) is 2.24. The smallest absolute Gasteiger partial charge is 0.240 e. The van der Waals surface area contributed by atoms with Gasteiger partial charge in [-0.25, -0.2) is 0 Å². The molecular weight excluding hydrogens is 192 g/mol. The summed E-state index contributed by atoms with van der Waals surface area (Å²) in [6.45, 7) is 7.62. The van der Waals surface area contributed by atoms with E-state index in [1.54, 1.807) is 14.0 Å². The number of carbonyl (C=O) groups is 1. The maximum Gasteiger partial charge on any atom is 0.240 e. The third-order valence-corrected chi connectivity index (χ3v) is 2.68. The van der Waals surface area contributed by atoms with Crippen molar-refractivity contribution >= 4 is 5.91 Å². The van der Waals surface area contributed by atoms with Gasteiger partial charge in [-0.05, 0) is 27.2 Å². The molecule has 0 aromatic carbocycles. The zero-order valence-corrected chi connectivity index (χ0v) is 10.2. The summed E-state index contributed by atoms with van der Waals surface area (Å²) in [4.78, 5) is 11.7. The predicted molar refractivity (Wildman–Crippen MR) is 58.1 cm³/mol. The van der Waals surface area contributed by atoms with E-state index in [0.717, 1.165) is 0 Å². The number of carbonyl (C=O) groups excluding carboxylic acids is 1. The van der Waals surface area contributed by atoms with Crippen LogP contribution in [0.15, 0.2) is 0 Å². The first kappa shape index (κ1) is 13.9. The first-order valence-electron chi connectivity index (χ1n) is 5.06. The van der Waals surface area contributed by atoms with Crippen molar-refractivity contribution in [3.8, 4) is 6.07 Å². The Balaban J connectivity index is 4.34. The molecule has 0 aromatic heterocycles. The Morgan fingerprint density at radius 1 is 1.47 bits per heavy atom. The number of rotatable bonds is 5. The van der Waals surface area contributed by atoms with Gasteiger partial charge in [0.15, 0.2) is 0 Å². The van der Waals surface area contributed by atoms with Crippen LogP contribution in [0, 0.1) is 16.7 Å². The van der Waals surface area contributed by atoms with Crippen molar-refractivity contribution in [1.29, 1.82) is 5.26 Å². The number of nitriles is 1. The van der Waals surface area contributed by atoms with Crippen LogP contribution in [0.5, 0.6) is 0 Å². The molecule has 4 heteroatoms. The summed E-state index contributed by atoms with van der Waals surface area (Å²) in [6.07, 6.45) is 0.503. The summed E-state index contributed by atoms with van der Waals surface area (Å²) < 4.78 is 5.17. The highest BCUT2D eigenvalue weighted by Gasteiger charge is 2.32. The fourth-order valence-corrected chi connectivity index (χ4v) is 0.851. The number of hydrogen-bond acceptors (Lipinski definition) is 3. The van der Waals surface area contributed by atoms with Gasteiger partial charge in [0.1, 0.15) is 5.41 Å². The molecule has 0 saturated heterocycles. The molecule has 0 aliphatic rings. The molecule has 0 bridgehead atoms. The fourth-order valence-electron chi connectivity index (χ4n) is 0.851. The van der Waals surface area contributed by atoms with Crippen LogP contribution in [-0.2, 0) is 9.53 Å². The fraction of sp³-hybridized carbons (Fsp3) is 0.818. The summed E-state index contributed by atoms with van der Waals surface area (Å²) >= 11 is 0. The highest BCUT2D eigenvalue weighted by molar-refractivity contribution is 5.84. The first-order chi connectivity index (χ1) is 6.81. The number of ether oxygens (including phenoxy) is 1. The molecular formula is C11H20N2O2. The van der Waals surface area contributed by atoms with Crippen LogP contribution in [0.1, 0.15) is 34.1 Å². The van der Waals surface area contributed by atoms with Gasteiger partial charge in [-0.2, -0.15) is 5.26 Å². The number of nitrogens with one attached hydrogen (secondary N) is 1. The average molecular weight is 212 g/mol. The topological polar surface area (TPSA) is 62.1 Å². The van der Waals surface area contributed by atoms with Crippen molar-refractivity contribution in [2.75, 3.05) is 13.7 Å². The maximum absolute atomic E-state index is 11.7. The van der Waals surface area contributed by atoms with Gasteiger partial charge in [-0.15, -0.1) is 0 Å². The number of nitrogens with zero attached hydrogens (tertiary/aromatic N) is 1. The SMILES string of the molecule is CCC(C)(C#N)C(=O)NCC(C)(C)OC. The van der Waals surface area contributed by atoms with Crippen LogP contribution in [0.25, 0.3) is 0 Å². The van der Waals surface area contributed by atoms with Gasteiger partial charge in [0.25, 0.3) is 0 Å². The normalized spacial score (nSPS) is 15.2. The van der Waals surface area contributed by atoms with Crippen LogP contribution in [-0.4, -0.2) is 25.2 Å². The molecule has 1 unspecified atom stereocenters. The van der Waals surface area contributed by atoms with Gasteiger partial charge in [-0.1, -0.05) is 6.92 Å². The Bertz CT molecular complexity index is 268. The van der Waals surface area contributed by atoms with E-state index in [1.165, 1.54) is 0 Å². The Labute approximate surface area is 91.6 Å². The second-order valence-corrected chi connectivity index (χ2v) is 4.44. The quantitative estimate of drug-likeness (QED) is 0.750. The van der Waals surface area contributed by atoms with E-state index in [4.69, 9.17) is 10.00 Å². The molecule has 0 heterocycles. The van der Waals surface area contributed by atoms with Gasteiger partial charge >= 0.3 is 0 Å². The second-order valence-electron chi connectivity index (χ2n) is 4.44. The van der Waals surface area contributed by atoms with Crippen LogP contribution >= 0.6 is 0 Å². The third kappa shape index (κ3) is 3.88. The number of amides is 1. The standard InChI is InChI=1S/C11H20N2O2/c1-6-11(4,7-12)9(14)13-8-10(2,3)15-5/h6,8H2,1-5H3,(H,13,14). The maximum atomic E-state index is 11.7. The van der Waals surface area contributed by atoms with E-state index >= 15 is 0 Å². The minimum atomic E-state index is -0.941. The summed E-state index contributed by atoms with van der Waals surface area (Å²) in [5.41, 5.74) is -1.34. The van der Waals surface area contributed by atoms with Crippen LogP contribution in [0.2, 0.25) is 0 Å². The van der Waals surface area contributed by atoms with E-state index in [-0.39, 0.29) is 5.91 Å². The zero-order valence-electron chi connectivity index (χ0n) is 10.2. The summed E-state index contributed by atoms with van der Waals surface area (Å²) in [5.74, 6) is -0.238. The zero-order chi connectivity index (χ0) is 12.1. The van der Waals surface area contributed by atoms with Crippen molar-refractivity contribution in [2.45, 2.75) is 39.7 Å². The van der Waals surface area contributed by atoms with Crippen LogP contribution < -0.4 is 5.32 Å². The lowest BCUT2D eigenvalue weighted by Gasteiger charge is -2.26. The monoisotopic (exact) mass is 212 g/mol. The molecule has 0 spiro atoms. The lowest BCUT2D eigenvalue weighted by Crippen LogP contribution is -2.45. The van der Waals surface area contributed by atoms with Crippen molar-refractivity contribution in [2.24, 2.45) is 5.41 Å². The Hall–Kier alpha value is -1.08. The largest absolute Gasteiger partial charge is 0.377 e. The van der Waals surface area contributed by atoms with Crippen molar-refractivity contribution in [1.82, 2.24) is 5.32 Å². The summed E-state index contributed by atoms with van der Waals surface area (Å²) in [6, 6.07) is 2.03. The van der Waals surface area contributed by atoms with E-state index in [0.29, 0.717) is 13.0 Å². The summed E-state index contributed by atoms with van der Waals surface area (Å²) in [5, 5.41) is 11.6. The van der Waals surface area contributed by atoms with Crippen LogP contribution in [0.3, 0.4) is 0 Å². The summed E-state index contributed by atoms with van der Waals surface area (Å²) in [7, 11) is 1.59. The molecule has 1 amide bonds. The van der Waals surface area contributed by atoms with Gasteiger partial charge in [-0.3, -0.25) is 4.79 Å². The van der Waals surface area contributed by atoms with Crippen LogP contribution in [0.4, 0.5) is 0 Å². The minimum absolute atomic E-state index is 0.238. The molecule has 0 aliphatic carbocycles. The third-order valence-electron chi connectivity index (χ3n) is 2.68. The molecule has 0 saturated carbocycles. The molecule has 0 fully saturated rings. The lowest BCUT2D eigenvalue weighted by molar-refractivity contribution is -0.128. The van der Waals surface area contributed by atoms with E-state index in [2.05, 4.69) is 5.32 Å². The minimum Gasteiger partial charge on any atom is -0.377 e. The molecule has 0 radical (unpaired) electrons. The van der Waals surface area contributed by atoms with Gasteiger partial charge < -0.3 is 10.1 Å². The van der Waals surface area contributed by atoms with E-state index < -0.39 is 11.0 Å². The van der Waals surface area contributed by atoms with Crippen molar-refractivity contribution < 1.29 is 9.53 Å². The highest BCUT2D eigenvalue weighted by atomic mass is 16.5. The van der Waals surface area contributed by atoms with Gasteiger partial charge in [0.2, 0.25) is 5.91 Å². The number of hydrogen-bond donors (Lipinski definition) is 1. The number of methoxy groups -OCH3 is 1. The molecule has 15 heavy (non-hydrogen) atoms. The highest BCUT2D eigenvalue weighted by Crippen LogP contribution is 2.19. The van der Waals surface area contributed by atoms with Gasteiger partial charge in [0, 0.05) is 13.7 Å². The second kappa shape index (κ2) is 5.13. The van der Waals surface area contributed by atoms with Gasteiger partial charge in [0.05, 0.1) is 11.7 Å². The molecule has 0 rings (SSSR count). The Morgan fingerprint density at radius 3 is 2.33 bits per heavy atom. The molecule has 0 aliphatic heterocycles. The molecule has 0 aromatic rings. The van der Waals surface area contributed by atoms with E-state index in [9.17, 15) is 4.79 Å². The molecule has 4 nitrogen and oxygen atoms in total.